The Labute approximate surface area is 205 Å². The summed E-state index contributed by atoms with van der Waals surface area (Å²) in [5.74, 6) is 1.20. The van der Waals surface area contributed by atoms with Gasteiger partial charge in [-0.1, -0.05) is 84.9 Å². The molecule has 0 bridgehead atoms. The molecule has 5 nitrogen and oxygen atoms in total. The lowest BCUT2D eigenvalue weighted by Crippen LogP contribution is -2.44. The molecule has 2 N–H and O–H groups in total. The number of nitrogens with one attached hydrogen (secondary N) is 2. The molecule has 0 saturated carbocycles. The Balaban J connectivity index is 1.31. The van der Waals surface area contributed by atoms with Crippen LogP contribution in [0.5, 0.6) is 11.5 Å². The summed E-state index contributed by atoms with van der Waals surface area (Å²) < 4.78 is 12.1. The van der Waals surface area contributed by atoms with Gasteiger partial charge in [0.2, 0.25) is 5.91 Å². The normalized spacial score (nSPS) is 14.6. The number of benzene rings is 4. The lowest BCUT2D eigenvalue weighted by Gasteiger charge is -2.25. The Kier molecular flexibility index (Phi) is 7.06. The Morgan fingerprint density at radius 2 is 1.29 bits per heavy atom. The highest BCUT2D eigenvalue weighted by Crippen LogP contribution is 2.28. The molecule has 1 aliphatic rings. The van der Waals surface area contributed by atoms with Crippen LogP contribution >= 0.6 is 0 Å². The van der Waals surface area contributed by atoms with Gasteiger partial charge in [0.25, 0.3) is 0 Å². The molecule has 0 saturated heterocycles. The van der Waals surface area contributed by atoms with Crippen molar-refractivity contribution in [2.75, 3.05) is 5.32 Å². The zero-order valence-electron chi connectivity index (χ0n) is 19.4. The van der Waals surface area contributed by atoms with Crippen LogP contribution < -0.4 is 20.1 Å². The summed E-state index contributed by atoms with van der Waals surface area (Å²) in [6.07, 6.45) is 0.656. The van der Waals surface area contributed by atoms with E-state index < -0.39 is 0 Å². The number of hydrogen-bond donors (Lipinski definition) is 2. The third-order valence-corrected chi connectivity index (χ3v) is 6.04. The van der Waals surface area contributed by atoms with Gasteiger partial charge in [0.15, 0.2) is 0 Å². The maximum atomic E-state index is 13.1. The molecule has 4 aromatic carbocycles. The fourth-order valence-electron chi connectivity index (χ4n) is 4.16. The summed E-state index contributed by atoms with van der Waals surface area (Å²) in [4.78, 5) is 13.1. The molecule has 0 spiro atoms. The molecule has 0 unspecified atom stereocenters. The standard InChI is InChI=1S/C30H28N2O3/c33-30(29-15-24-13-7-8-14-25(24)19-31-29)32-26-16-27(34-20-22-9-3-1-4-10-22)18-28(17-26)35-21-23-11-5-2-6-12-23/h1-14,16-18,29,31H,15,19-21H2,(H,32,33)/t29-/m0/s1. The highest BCUT2D eigenvalue weighted by molar-refractivity contribution is 5.95. The summed E-state index contributed by atoms with van der Waals surface area (Å²) in [5, 5.41) is 6.40. The van der Waals surface area contributed by atoms with E-state index in [1.54, 1.807) is 0 Å². The Hall–Kier alpha value is -4.09. The van der Waals surface area contributed by atoms with Crippen LogP contribution in [0, 0.1) is 0 Å². The van der Waals surface area contributed by atoms with E-state index in [0.29, 0.717) is 43.4 Å². The van der Waals surface area contributed by atoms with Crippen LogP contribution in [0.15, 0.2) is 103 Å². The summed E-state index contributed by atoms with van der Waals surface area (Å²) in [6.45, 7) is 1.54. The van der Waals surface area contributed by atoms with Gasteiger partial charge in [0.1, 0.15) is 24.7 Å². The molecule has 35 heavy (non-hydrogen) atoms. The van der Waals surface area contributed by atoms with Crippen LogP contribution in [0.25, 0.3) is 0 Å². The maximum Gasteiger partial charge on any atom is 0.241 e. The van der Waals surface area contributed by atoms with Gasteiger partial charge in [-0.05, 0) is 28.7 Å². The van der Waals surface area contributed by atoms with Gasteiger partial charge in [0, 0.05) is 30.4 Å². The molecule has 1 aliphatic heterocycles. The monoisotopic (exact) mass is 464 g/mol. The van der Waals surface area contributed by atoms with Crippen molar-refractivity contribution in [3.8, 4) is 11.5 Å². The highest BCUT2D eigenvalue weighted by atomic mass is 16.5. The highest BCUT2D eigenvalue weighted by Gasteiger charge is 2.24. The average molecular weight is 465 g/mol. The van der Waals surface area contributed by atoms with Gasteiger partial charge in [-0.15, -0.1) is 0 Å². The first-order valence-electron chi connectivity index (χ1n) is 11.8. The molecular formula is C30H28N2O3. The number of rotatable bonds is 8. The number of carbonyl (C=O) groups excluding carboxylic acids is 1. The predicted octanol–water partition coefficient (Wildman–Crippen LogP) is 5.50. The van der Waals surface area contributed by atoms with Crippen molar-refractivity contribution in [3.63, 3.8) is 0 Å². The van der Waals surface area contributed by atoms with E-state index in [-0.39, 0.29) is 11.9 Å². The van der Waals surface area contributed by atoms with Gasteiger partial charge < -0.3 is 20.1 Å². The summed E-state index contributed by atoms with van der Waals surface area (Å²) in [7, 11) is 0. The number of amides is 1. The fourth-order valence-corrected chi connectivity index (χ4v) is 4.16. The molecular weight excluding hydrogens is 436 g/mol. The average Bonchev–Trinajstić information content (AvgIpc) is 2.91. The third kappa shape index (κ3) is 6.08. The summed E-state index contributed by atoms with van der Waals surface area (Å²) in [5.41, 5.74) is 5.23. The summed E-state index contributed by atoms with van der Waals surface area (Å²) in [6, 6.07) is 33.4. The Morgan fingerprint density at radius 3 is 1.89 bits per heavy atom. The second-order valence-electron chi connectivity index (χ2n) is 8.64. The van der Waals surface area contributed by atoms with Crippen molar-refractivity contribution < 1.29 is 14.3 Å². The molecule has 1 heterocycles. The molecule has 0 aliphatic carbocycles. The van der Waals surface area contributed by atoms with Crippen LogP contribution in [-0.2, 0) is 31.0 Å². The van der Waals surface area contributed by atoms with Gasteiger partial charge >= 0.3 is 0 Å². The second-order valence-corrected chi connectivity index (χ2v) is 8.64. The summed E-state index contributed by atoms with van der Waals surface area (Å²) >= 11 is 0. The Bertz CT molecular complexity index is 1210. The largest absolute Gasteiger partial charge is 0.489 e. The van der Waals surface area contributed by atoms with E-state index in [1.807, 2.05) is 91.0 Å². The van der Waals surface area contributed by atoms with Crippen LogP contribution in [0.3, 0.4) is 0 Å². The van der Waals surface area contributed by atoms with E-state index in [1.165, 1.54) is 11.1 Å². The van der Waals surface area contributed by atoms with E-state index >= 15 is 0 Å². The molecule has 5 rings (SSSR count). The zero-order chi connectivity index (χ0) is 23.9. The first-order valence-corrected chi connectivity index (χ1v) is 11.8. The molecule has 1 atom stereocenters. The van der Waals surface area contributed by atoms with Crippen LogP contribution in [0.2, 0.25) is 0 Å². The van der Waals surface area contributed by atoms with Crippen molar-refractivity contribution in [3.05, 3.63) is 125 Å². The van der Waals surface area contributed by atoms with E-state index in [0.717, 1.165) is 11.1 Å². The molecule has 176 valence electrons. The van der Waals surface area contributed by atoms with Crippen molar-refractivity contribution >= 4 is 11.6 Å². The molecule has 1 amide bonds. The zero-order valence-corrected chi connectivity index (χ0v) is 19.4. The van der Waals surface area contributed by atoms with Crippen LogP contribution in [0.4, 0.5) is 5.69 Å². The maximum absolute atomic E-state index is 13.1. The molecule has 5 heteroatoms. The minimum Gasteiger partial charge on any atom is -0.489 e. The number of anilines is 1. The van der Waals surface area contributed by atoms with E-state index in [2.05, 4.69) is 22.8 Å². The Morgan fingerprint density at radius 1 is 0.743 bits per heavy atom. The van der Waals surface area contributed by atoms with Gasteiger partial charge in [0.05, 0.1) is 6.04 Å². The van der Waals surface area contributed by atoms with Gasteiger partial charge in [-0.25, -0.2) is 0 Å². The minimum atomic E-state index is -0.299. The number of hydrogen-bond acceptors (Lipinski definition) is 4. The quantitative estimate of drug-likeness (QED) is 0.362. The van der Waals surface area contributed by atoms with Crippen LogP contribution in [-0.4, -0.2) is 11.9 Å². The SMILES string of the molecule is O=C(Nc1cc(OCc2ccccc2)cc(OCc2ccccc2)c1)[C@@H]1Cc2ccccc2CN1. The van der Waals surface area contributed by atoms with E-state index in [9.17, 15) is 4.79 Å². The molecule has 4 aromatic rings. The first-order chi connectivity index (χ1) is 17.2. The van der Waals surface area contributed by atoms with Crippen molar-refractivity contribution in [1.29, 1.82) is 0 Å². The minimum absolute atomic E-state index is 0.0753. The van der Waals surface area contributed by atoms with Crippen molar-refractivity contribution in [1.82, 2.24) is 5.32 Å². The predicted molar refractivity (Wildman–Crippen MR) is 137 cm³/mol. The van der Waals surface area contributed by atoms with Crippen molar-refractivity contribution in [2.24, 2.45) is 0 Å². The van der Waals surface area contributed by atoms with E-state index in [4.69, 9.17) is 9.47 Å². The fraction of sp³-hybridized carbons (Fsp3) is 0.167. The third-order valence-electron chi connectivity index (χ3n) is 6.04. The lowest BCUT2D eigenvalue weighted by atomic mass is 9.95. The molecule has 0 radical (unpaired) electrons. The molecule has 0 fully saturated rings. The number of fused-ring (bicyclic) bond motifs is 1. The van der Waals surface area contributed by atoms with Gasteiger partial charge in [-0.3, -0.25) is 4.79 Å². The van der Waals surface area contributed by atoms with Gasteiger partial charge in [-0.2, -0.15) is 0 Å². The number of carbonyl (C=O) groups is 1. The topological polar surface area (TPSA) is 59.6 Å². The van der Waals surface area contributed by atoms with Crippen molar-refractivity contribution in [2.45, 2.75) is 32.2 Å². The molecule has 0 aromatic heterocycles. The first kappa shape index (κ1) is 22.7. The van der Waals surface area contributed by atoms with Crippen LogP contribution in [0.1, 0.15) is 22.3 Å². The smallest absolute Gasteiger partial charge is 0.241 e. The lowest BCUT2D eigenvalue weighted by molar-refractivity contribution is -0.118. The second kappa shape index (κ2) is 10.9. The number of ether oxygens (including phenoxy) is 2.